The van der Waals surface area contributed by atoms with Gasteiger partial charge in [-0.25, -0.2) is 0 Å². The van der Waals surface area contributed by atoms with Crippen molar-refractivity contribution in [2.24, 2.45) is 5.41 Å². The molecule has 0 aromatic heterocycles. The zero-order valence-electron chi connectivity index (χ0n) is 8.73. The molecular formula is C10H21N. The van der Waals surface area contributed by atoms with Crippen LogP contribution in [0.4, 0.5) is 0 Å². The van der Waals surface area contributed by atoms with E-state index in [0.717, 1.165) is 0 Å². The molecule has 1 fully saturated rings. The Bertz CT molecular complexity index is 140. The quantitative estimate of drug-likeness (QED) is 0.519. The third-order valence-corrected chi connectivity index (χ3v) is 3.55. The van der Waals surface area contributed by atoms with Gasteiger partial charge in [0, 0.05) is 11.6 Å². The maximum Gasteiger partial charge on any atom is 0.0158 e. The van der Waals surface area contributed by atoms with Gasteiger partial charge in [-0.1, -0.05) is 13.8 Å². The van der Waals surface area contributed by atoms with Crippen LogP contribution in [0, 0.1) is 5.41 Å². The molecule has 1 heterocycles. The molecule has 0 aromatic rings. The molecule has 1 aliphatic rings. The first-order valence-corrected chi connectivity index (χ1v) is 4.50. The van der Waals surface area contributed by atoms with Crippen molar-refractivity contribution in [2.45, 2.75) is 52.6 Å². The summed E-state index contributed by atoms with van der Waals surface area (Å²) in [6, 6.07) is 0.706. The Morgan fingerprint density at radius 3 is 1.73 bits per heavy atom. The van der Waals surface area contributed by atoms with E-state index in [1.165, 1.54) is 6.42 Å². The van der Waals surface area contributed by atoms with Crippen molar-refractivity contribution in [2.75, 3.05) is 7.05 Å². The Morgan fingerprint density at radius 2 is 1.64 bits per heavy atom. The van der Waals surface area contributed by atoms with Crippen molar-refractivity contribution in [3.05, 3.63) is 0 Å². The molecule has 1 saturated heterocycles. The highest BCUT2D eigenvalue weighted by molar-refractivity contribution is 5.00. The van der Waals surface area contributed by atoms with Gasteiger partial charge in [0.15, 0.2) is 0 Å². The molecule has 0 amide bonds. The molecule has 1 aliphatic heterocycles. The molecule has 0 aromatic carbocycles. The number of likely N-dealkylation sites (tertiary alicyclic amines) is 1. The van der Waals surface area contributed by atoms with Crippen LogP contribution >= 0.6 is 0 Å². The molecule has 66 valence electrons. The van der Waals surface area contributed by atoms with E-state index in [2.05, 4.69) is 46.6 Å². The minimum absolute atomic E-state index is 0.392. The second-order valence-electron chi connectivity index (χ2n) is 5.26. The normalized spacial score (nSPS) is 36.0. The molecular weight excluding hydrogens is 134 g/mol. The lowest BCUT2D eigenvalue weighted by molar-refractivity contribution is 0.163. The van der Waals surface area contributed by atoms with Gasteiger partial charge in [-0.15, -0.1) is 0 Å². The highest BCUT2D eigenvalue weighted by Gasteiger charge is 2.46. The van der Waals surface area contributed by atoms with E-state index in [1.54, 1.807) is 0 Å². The molecule has 11 heavy (non-hydrogen) atoms. The average Bonchev–Trinajstić information content (AvgIpc) is 1.91. The molecule has 0 spiro atoms. The summed E-state index contributed by atoms with van der Waals surface area (Å²) in [6.07, 6.45) is 1.30. The Labute approximate surface area is 70.8 Å². The third-order valence-electron chi connectivity index (χ3n) is 3.55. The minimum Gasteiger partial charge on any atom is -0.298 e. The maximum absolute atomic E-state index is 2.49. The molecule has 0 bridgehead atoms. The summed E-state index contributed by atoms with van der Waals surface area (Å²) in [7, 11) is 2.24. The van der Waals surface area contributed by atoms with Gasteiger partial charge in [-0.05, 0) is 39.7 Å². The van der Waals surface area contributed by atoms with E-state index in [0.29, 0.717) is 17.0 Å². The molecule has 0 radical (unpaired) electrons. The number of nitrogens with zero attached hydrogens (tertiary/aromatic N) is 1. The van der Waals surface area contributed by atoms with Crippen molar-refractivity contribution >= 4 is 0 Å². The highest BCUT2D eigenvalue weighted by atomic mass is 15.2. The predicted octanol–water partition coefficient (Wildman–Crippen LogP) is 2.52. The monoisotopic (exact) mass is 155 g/mol. The Kier molecular flexibility index (Phi) is 1.83. The number of hydrogen-bond donors (Lipinski definition) is 0. The average molecular weight is 155 g/mol. The second kappa shape index (κ2) is 2.22. The van der Waals surface area contributed by atoms with Crippen LogP contribution in [0.2, 0.25) is 0 Å². The summed E-state index contributed by atoms with van der Waals surface area (Å²) >= 11 is 0. The minimum atomic E-state index is 0.392. The third kappa shape index (κ3) is 1.31. The van der Waals surface area contributed by atoms with Gasteiger partial charge in [-0.3, -0.25) is 4.90 Å². The number of rotatable bonds is 0. The molecule has 0 N–H and O–H groups in total. The fraction of sp³-hybridized carbons (Fsp3) is 1.00. The number of hydrogen-bond acceptors (Lipinski definition) is 1. The molecule has 0 aliphatic carbocycles. The van der Waals surface area contributed by atoms with Crippen molar-refractivity contribution in [3.8, 4) is 0 Å². The van der Waals surface area contributed by atoms with Crippen LogP contribution in [0.25, 0.3) is 0 Å². The van der Waals surface area contributed by atoms with Crippen molar-refractivity contribution in [1.82, 2.24) is 4.90 Å². The van der Waals surface area contributed by atoms with Crippen LogP contribution in [0.5, 0.6) is 0 Å². The summed E-state index contributed by atoms with van der Waals surface area (Å²) in [4.78, 5) is 2.49. The van der Waals surface area contributed by atoms with Gasteiger partial charge in [0.25, 0.3) is 0 Å². The smallest absolute Gasteiger partial charge is 0.0158 e. The first-order chi connectivity index (χ1) is 4.77. The van der Waals surface area contributed by atoms with Crippen LogP contribution in [-0.2, 0) is 0 Å². The fourth-order valence-corrected chi connectivity index (χ4v) is 2.44. The predicted molar refractivity (Wildman–Crippen MR) is 49.7 cm³/mol. The van der Waals surface area contributed by atoms with E-state index >= 15 is 0 Å². The van der Waals surface area contributed by atoms with E-state index < -0.39 is 0 Å². The zero-order valence-corrected chi connectivity index (χ0v) is 8.73. The standard InChI is InChI=1S/C10H21N/c1-8-9(2,3)7-10(4,5)11(8)6/h8H,7H2,1-6H3. The van der Waals surface area contributed by atoms with E-state index in [4.69, 9.17) is 0 Å². The molecule has 1 rings (SSSR count). The van der Waals surface area contributed by atoms with Crippen LogP contribution in [-0.4, -0.2) is 23.5 Å². The first-order valence-electron chi connectivity index (χ1n) is 4.50. The lowest BCUT2D eigenvalue weighted by Gasteiger charge is -2.31. The van der Waals surface area contributed by atoms with Gasteiger partial charge in [-0.2, -0.15) is 0 Å². The van der Waals surface area contributed by atoms with Gasteiger partial charge < -0.3 is 0 Å². The maximum atomic E-state index is 2.49. The van der Waals surface area contributed by atoms with Crippen molar-refractivity contribution in [3.63, 3.8) is 0 Å². The van der Waals surface area contributed by atoms with Crippen molar-refractivity contribution in [1.29, 1.82) is 0 Å². The summed E-state index contributed by atoms with van der Waals surface area (Å²) < 4.78 is 0. The molecule has 1 heteroatoms. The Balaban J connectivity index is 2.86. The van der Waals surface area contributed by atoms with Gasteiger partial charge >= 0.3 is 0 Å². The van der Waals surface area contributed by atoms with E-state index in [9.17, 15) is 0 Å². The highest BCUT2D eigenvalue weighted by Crippen LogP contribution is 2.44. The summed E-state index contributed by atoms with van der Waals surface area (Å²) in [5.74, 6) is 0. The lowest BCUT2D eigenvalue weighted by atomic mass is 9.82. The van der Waals surface area contributed by atoms with Crippen LogP contribution in [0.3, 0.4) is 0 Å². The Hall–Kier alpha value is -0.0400. The van der Waals surface area contributed by atoms with Crippen LogP contribution in [0.15, 0.2) is 0 Å². The summed E-state index contributed by atoms with van der Waals surface area (Å²) in [5, 5.41) is 0. The first kappa shape index (κ1) is 9.05. The molecule has 0 saturated carbocycles. The molecule has 1 nitrogen and oxygen atoms in total. The summed E-state index contributed by atoms with van der Waals surface area (Å²) in [6.45, 7) is 11.7. The molecule has 1 atom stereocenters. The second-order valence-corrected chi connectivity index (χ2v) is 5.26. The molecule has 1 unspecified atom stereocenters. The fourth-order valence-electron chi connectivity index (χ4n) is 2.44. The Morgan fingerprint density at radius 1 is 1.18 bits per heavy atom. The van der Waals surface area contributed by atoms with E-state index in [1.807, 2.05) is 0 Å². The van der Waals surface area contributed by atoms with Crippen LogP contribution < -0.4 is 0 Å². The zero-order chi connectivity index (χ0) is 8.86. The summed E-state index contributed by atoms with van der Waals surface area (Å²) in [5.41, 5.74) is 0.876. The lowest BCUT2D eigenvalue weighted by Crippen LogP contribution is -2.39. The van der Waals surface area contributed by atoms with Gasteiger partial charge in [0.05, 0.1) is 0 Å². The SMILES string of the molecule is CC1N(C)C(C)(C)CC1(C)C. The van der Waals surface area contributed by atoms with Crippen LogP contribution in [0.1, 0.15) is 41.0 Å². The topological polar surface area (TPSA) is 3.24 Å². The van der Waals surface area contributed by atoms with Crippen molar-refractivity contribution < 1.29 is 0 Å². The van der Waals surface area contributed by atoms with E-state index in [-0.39, 0.29) is 0 Å². The largest absolute Gasteiger partial charge is 0.298 e. The van der Waals surface area contributed by atoms with Gasteiger partial charge in [0.1, 0.15) is 0 Å². The van der Waals surface area contributed by atoms with Gasteiger partial charge in [0.2, 0.25) is 0 Å².